The molecule has 0 atom stereocenters. The van der Waals surface area contributed by atoms with Gasteiger partial charge in [0.2, 0.25) is 0 Å². The summed E-state index contributed by atoms with van der Waals surface area (Å²) in [5.74, 6) is 0.590. The van der Waals surface area contributed by atoms with Crippen LogP contribution in [0.3, 0.4) is 0 Å². The molecule has 0 fully saturated rings. The van der Waals surface area contributed by atoms with Crippen LogP contribution in [0.15, 0.2) is 47.0 Å². The summed E-state index contributed by atoms with van der Waals surface area (Å²) in [4.78, 5) is 8.20. The molecule has 0 aliphatic heterocycles. The van der Waals surface area contributed by atoms with Gasteiger partial charge in [-0.3, -0.25) is 9.97 Å². The zero-order valence-corrected chi connectivity index (χ0v) is 15.9. The molecule has 0 saturated carbocycles. The van der Waals surface area contributed by atoms with E-state index in [0.717, 1.165) is 5.56 Å². The van der Waals surface area contributed by atoms with E-state index in [0.29, 0.717) is 33.2 Å². The van der Waals surface area contributed by atoms with E-state index in [9.17, 15) is 0 Å². The molecule has 5 nitrogen and oxygen atoms in total. The first-order valence-electron chi connectivity index (χ1n) is 7.29. The Hall–Kier alpha value is -1.47. The van der Waals surface area contributed by atoms with Gasteiger partial charge in [-0.15, -0.1) is 5.10 Å². The summed E-state index contributed by atoms with van der Waals surface area (Å²) in [7, 11) is 0. The Kier molecular flexibility index (Phi) is 10.3. The number of hydrogen-bond acceptors (Lipinski definition) is 6. The second-order valence-corrected chi connectivity index (χ2v) is 5.83. The quantitative estimate of drug-likeness (QED) is 0.259. The smallest absolute Gasteiger partial charge is 0.147 e. The largest absolute Gasteiger partial charge is 0.303 e. The number of nitrogens with zero attached hydrogens (tertiary/aromatic N) is 4. The Morgan fingerprint density at radius 1 is 1.25 bits per heavy atom. The number of halogens is 2. The molecule has 24 heavy (non-hydrogen) atoms. The molecule has 2 aromatic rings. The van der Waals surface area contributed by atoms with Gasteiger partial charge in [-0.2, -0.15) is 5.10 Å². The van der Waals surface area contributed by atoms with Gasteiger partial charge < -0.3 is 5.32 Å². The minimum atomic E-state index is 0.556. The fourth-order valence-electron chi connectivity index (χ4n) is 1.62. The van der Waals surface area contributed by atoms with E-state index in [-0.39, 0.29) is 0 Å². The topological polar surface area (TPSA) is 62.5 Å². The van der Waals surface area contributed by atoms with E-state index in [4.69, 9.17) is 23.2 Å². The highest BCUT2D eigenvalue weighted by molar-refractivity contribution is 8.14. The molecule has 128 valence electrons. The van der Waals surface area contributed by atoms with Gasteiger partial charge in [0.25, 0.3) is 0 Å². The lowest BCUT2D eigenvalue weighted by atomic mass is 10.2. The second kappa shape index (κ2) is 12.0. The van der Waals surface area contributed by atoms with Crippen molar-refractivity contribution in [2.75, 3.05) is 5.88 Å². The molecule has 0 amide bonds. The standard InChI is InChI=1S/C14H13Cl2N5S.C2H6/c1-17-21-14(13-8-18-5-6-20-13)22-9-19-7-10-11(15)3-2-4-12(10)16;1-2/h2-6,8,19H,1,7,9H2;1-2H3/b21-14-;. The average Bonchev–Trinajstić information content (AvgIpc) is 2.62. The minimum Gasteiger partial charge on any atom is -0.303 e. The fraction of sp³-hybridized carbons (Fsp3) is 0.250. The maximum Gasteiger partial charge on any atom is 0.147 e. The maximum absolute atomic E-state index is 6.12. The molecule has 0 aliphatic rings. The van der Waals surface area contributed by atoms with Gasteiger partial charge in [-0.25, -0.2) is 0 Å². The van der Waals surface area contributed by atoms with Crippen LogP contribution in [0.4, 0.5) is 0 Å². The van der Waals surface area contributed by atoms with Crippen molar-refractivity contribution < 1.29 is 0 Å². The molecule has 0 spiro atoms. The Bertz CT molecular complexity index is 645. The predicted octanol–water partition coefficient (Wildman–Crippen LogP) is 4.65. The number of nitrogens with one attached hydrogen (secondary N) is 1. The van der Waals surface area contributed by atoms with Crippen molar-refractivity contribution in [2.24, 2.45) is 10.2 Å². The normalized spacial score (nSPS) is 10.8. The molecule has 1 N–H and O–H groups in total. The summed E-state index contributed by atoms with van der Waals surface area (Å²) in [6, 6.07) is 5.44. The Morgan fingerprint density at radius 3 is 2.54 bits per heavy atom. The van der Waals surface area contributed by atoms with Crippen molar-refractivity contribution in [1.82, 2.24) is 15.3 Å². The second-order valence-electron chi connectivity index (χ2n) is 4.05. The molecule has 1 aromatic heterocycles. The van der Waals surface area contributed by atoms with E-state index >= 15 is 0 Å². The number of thioether (sulfide) groups is 1. The van der Waals surface area contributed by atoms with Crippen LogP contribution >= 0.6 is 35.0 Å². The summed E-state index contributed by atoms with van der Waals surface area (Å²) in [5, 5.41) is 12.7. The van der Waals surface area contributed by atoms with Crippen molar-refractivity contribution in [3.63, 3.8) is 0 Å². The number of aromatic nitrogens is 2. The SMILES string of the molecule is C=N/N=C(\SCNCc1c(Cl)cccc1Cl)c1cnccn1.CC. The summed E-state index contributed by atoms with van der Waals surface area (Å²) in [5.41, 5.74) is 1.52. The highest BCUT2D eigenvalue weighted by Crippen LogP contribution is 2.24. The van der Waals surface area contributed by atoms with Crippen molar-refractivity contribution in [2.45, 2.75) is 20.4 Å². The van der Waals surface area contributed by atoms with Crippen LogP contribution in [0.2, 0.25) is 10.0 Å². The molecule has 1 aromatic carbocycles. The van der Waals surface area contributed by atoms with Gasteiger partial charge in [-0.05, 0) is 12.1 Å². The number of hydrogen-bond donors (Lipinski definition) is 1. The van der Waals surface area contributed by atoms with E-state index in [1.165, 1.54) is 11.8 Å². The fourth-order valence-corrected chi connectivity index (χ4v) is 2.87. The van der Waals surface area contributed by atoms with Crippen LogP contribution in [-0.2, 0) is 6.54 Å². The van der Waals surface area contributed by atoms with Gasteiger partial charge in [0.1, 0.15) is 10.7 Å². The average molecular weight is 384 g/mol. The predicted molar refractivity (Wildman–Crippen MR) is 105 cm³/mol. The summed E-state index contributed by atoms with van der Waals surface area (Å²) < 4.78 is 0. The third kappa shape index (κ3) is 6.57. The third-order valence-electron chi connectivity index (χ3n) is 2.62. The van der Waals surface area contributed by atoms with Gasteiger partial charge >= 0.3 is 0 Å². The van der Waals surface area contributed by atoms with Gasteiger partial charge in [0.15, 0.2) is 0 Å². The first-order chi connectivity index (χ1) is 11.7. The molecular formula is C16H19Cl2N5S. The monoisotopic (exact) mass is 383 g/mol. The van der Waals surface area contributed by atoms with Crippen LogP contribution in [0.25, 0.3) is 0 Å². The lowest BCUT2D eigenvalue weighted by Gasteiger charge is -2.09. The molecule has 8 heteroatoms. The van der Waals surface area contributed by atoms with Crippen LogP contribution in [-0.4, -0.2) is 27.6 Å². The van der Waals surface area contributed by atoms with Crippen molar-refractivity contribution >= 4 is 46.7 Å². The maximum atomic E-state index is 6.12. The van der Waals surface area contributed by atoms with Crippen LogP contribution < -0.4 is 5.32 Å². The molecule has 1 heterocycles. The minimum absolute atomic E-state index is 0.556. The van der Waals surface area contributed by atoms with Gasteiger partial charge in [-0.1, -0.05) is 54.9 Å². The Morgan fingerprint density at radius 2 is 1.96 bits per heavy atom. The Labute approximate surface area is 156 Å². The highest BCUT2D eigenvalue weighted by atomic mass is 35.5. The number of rotatable bonds is 6. The molecule has 0 saturated heterocycles. The lowest BCUT2D eigenvalue weighted by Crippen LogP contribution is -2.15. The summed E-state index contributed by atoms with van der Waals surface area (Å²) in [6.07, 6.45) is 4.83. The van der Waals surface area contributed by atoms with E-state index in [2.05, 4.69) is 32.2 Å². The van der Waals surface area contributed by atoms with Crippen molar-refractivity contribution in [1.29, 1.82) is 0 Å². The van der Waals surface area contributed by atoms with Crippen LogP contribution in [0.5, 0.6) is 0 Å². The highest BCUT2D eigenvalue weighted by Gasteiger charge is 2.08. The van der Waals surface area contributed by atoms with E-state index < -0.39 is 0 Å². The molecule has 0 bridgehead atoms. The third-order valence-corrected chi connectivity index (χ3v) is 4.24. The summed E-state index contributed by atoms with van der Waals surface area (Å²) >= 11 is 13.7. The first-order valence-corrected chi connectivity index (χ1v) is 9.03. The molecular weight excluding hydrogens is 365 g/mol. The summed E-state index contributed by atoms with van der Waals surface area (Å²) in [6.45, 7) is 7.93. The zero-order chi connectivity index (χ0) is 17.8. The number of benzene rings is 1. The molecule has 0 aliphatic carbocycles. The van der Waals surface area contributed by atoms with Gasteiger partial charge in [0.05, 0.1) is 6.20 Å². The van der Waals surface area contributed by atoms with Crippen molar-refractivity contribution in [3.05, 3.63) is 58.1 Å². The molecule has 0 radical (unpaired) electrons. The van der Waals surface area contributed by atoms with E-state index in [1.54, 1.807) is 18.6 Å². The van der Waals surface area contributed by atoms with Crippen LogP contribution in [0, 0.1) is 0 Å². The molecule has 0 unspecified atom stereocenters. The van der Waals surface area contributed by atoms with Gasteiger partial charge in [0, 0.05) is 47.1 Å². The first kappa shape index (κ1) is 20.6. The van der Waals surface area contributed by atoms with Crippen LogP contribution in [0.1, 0.15) is 25.1 Å². The zero-order valence-electron chi connectivity index (χ0n) is 13.5. The Balaban J connectivity index is 0.00000139. The molecule has 2 rings (SSSR count). The lowest BCUT2D eigenvalue weighted by molar-refractivity contribution is 0.798. The van der Waals surface area contributed by atoms with E-state index in [1.807, 2.05) is 32.0 Å². The van der Waals surface area contributed by atoms with Crippen molar-refractivity contribution in [3.8, 4) is 0 Å².